The highest BCUT2D eigenvalue weighted by Crippen LogP contribution is 2.22. The molecule has 7 nitrogen and oxygen atoms in total. The van der Waals surface area contributed by atoms with Gasteiger partial charge in [0.25, 0.3) is 10.0 Å². The summed E-state index contributed by atoms with van der Waals surface area (Å²) in [6.45, 7) is 1.81. The van der Waals surface area contributed by atoms with Gasteiger partial charge < -0.3 is 4.74 Å². The number of ether oxygens (including phenoxy) is 1. The lowest BCUT2D eigenvalue weighted by Gasteiger charge is -2.05. The van der Waals surface area contributed by atoms with Crippen molar-refractivity contribution in [2.24, 2.45) is 0 Å². The van der Waals surface area contributed by atoms with E-state index in [1.165, 1.54) is 13.2 Å². The van der Waals surface area contributed by atoms with Gasteiger partial charge in [0, 0.05) is 4.88 Å². The maximum atomic E-state index is 12.0. The average Bonchev–Trinajstić information content (AvgIpc) is 2.86. The average molecular weight is 313 g/mol. The summed E-state index contributed by atoms with van der Waals surface area (Å²) in [5, 5.41) is 0. The Kier molecular flexibility index (Phi) is 4.00. The summed E-state index contributed by atoms with van der Waals surface area (Å²) in [7, 11) is -2.46. The zero-order chi connectivity index (χ0) is 14.8. The molecule has 0 spiro atoms. The molecule has 1 N–H and O–H groups in total. The number of aromatic nitrogens is 2. The number of aryl methyl sites for hydroxylation is 1. The molecule has 0 radical (unpaired) electrons. The molecular formula is C11H11N3O4S2. The molecule has 2 aromatic heterocycles. The minimum absolute atomic E-state index is 0.00224. The summed E-state index contributed by atoms with van der Waals surface area (Å²) >= 11 is 1.15. The second kappa shape index (κ2) is 5.55. The normalized spacial score (nSPS) is 11.1. The first-order chi connectivity index (χ1) is 9.42. The van der Waals surface area contributed by atoms with Crippen LogP contribution in [0.2, 0.25) is 0 Å². The van der Waals surface area contributed by atoms with E-state index in [1.807, 2.05) is 6.92 Å². The van der Waals surface area contributed by atoms with Crippen molar-refractivity contribution in [2.45, 2.75) is 11.1 Å². The monoisotopic (exact) mass is 313 g/mol. The van der Waals surface area contributed by atoms with Gasteiger partial charge in [0.2, 0.25) is 0 Å². The van der Waals surface area contributed by atoms with Crippen LogP contribution < -0.4 is 4.72 Å². The van der Waals surface area contributed by atoms with E-state index < -0.39 is 16.0 Å². The molecule has 0 saturated heterocycles. The van der Waals surface area contributed by atoms with Crippen LogP contribution in [-0.4, -0.2) is 31.5 Å². The highest BCUT2D eigenvalue weighted by atomic mass is 32.2. The number of nitrogens with zero attached hydrogens (tertiary/aromatic N) is 2. The minimum Gasteiger partial charge on any atom is -0.464 e. The van der Waals surface area contributed by atoms with Crippen LogP contribution in [0.25, 0.3) is 0 Å². The number of sulfonamides is 1. The Morgan fingerprint density at radius 1 is 1.30 bits per heavy atom. The van der Waals surface area contributed by atoms with E-state index in [0.717, 1.165) is 28.6 Å². The van der Waals surface area contributed by atoms with Gasteiger partial charge in [-0.2, -0.15) is 0 Å². The van der Waals surface area contributed by atoms with Crippen molar-refractivity contribution in [1.82, 2.24) is 9.97 Å². The van der Waals surface area contributed by atoms with Crippen LogP contribution in [0.3, 0.4) is 0 Å². The Labute approximate surface area is 119 Å². The van der Waals surface area contributed by atoms with Crippen LogP contribution in [0.1, 0.15) is 15.4 Å². The quantitative estimate of drug-likeness (QED) is 0.857. The van der Waals surface area contributed by atoms with E-state index in [4.69, 9.17) is 0 Å². The van der Waals surface area contributed by atoms with E-state index in [2.05, 4.69) is 19.4 Å². The maximum Gasteiger partial charge on any atom is 0.358 e. The van der Waals surface area contributed by atoms with Crippen molar-refractivity contribution in [3.05, 3.63) is 35.1 Å². The van der Waals surface area contributed by atoms with Crippen molar-refractivity contribution in [1.29, 1.82) is 0 Å². The first-order valence-corrected chi connectivity index (χ1v) is 7.72. The predicted molar refractivity (Wildman–Crippen MR) is 73.2 cm³/mol. The van der Waals surface area contributed by atoms with E-state index in [1.54, 1.807) is 6.07 Å². The fourth-order valence-corrected chi connectivity index (χ4v) is 3.61. The number of methoxy groups -OCH3 is 1. The molecule has 0 atom stereocenters. The second-order valence-corrected chi connectivity index (χ2v) is 6.95. The van der Waals surface area contributed by atoms with Gasteiger partial charge >= 0.3 is 5.97 Å². The third-order valence-corrected chi connectivity index (χ3v) is 5.11. The Balaban J connectivity index is 2.20. The second-order valence-electron chi connectivity index (χ2n) is 3.75. The largest absolute Gasteiger partial charge is 0.464 e. The van der Waals surface area contributed by atoms with Crippen LogP contribution in [0.4, 0.5) is 5.82 Å². The number of esters is 1. The lowest BCUT2D eigenvalue weighted by molar-refractivity contribution is 0.0593. The SMILES string of the molecule is COC(=O)c1cnc(NS(=O)(=O)c2ccc(C)s2)cn1. The van der Waals surface area contributed by atoms with Crippen molar-refractivity contribution in [2.75, 3.05) is 11.8 Å². The van der Waals surface area contributed by atoms with Gasteiger partial charge in [-0.25, -0.2) is 23.2 Å². The standard InChI is InChI=1S/C11H11N3O4S2/c1-7-3-4-10(19-7)20(16,17)14-9-6-12-8(5-13-9)11(15)18-2/h3-6H,1-2H3,(H,13,14). The van der Waals surface area contributed by atoms with Gasteiger partial charge in [-0.05, 0) is 19.1 Å². The summed E-state index contributed by atoms with van der Waals surface area (Å²) in [4.78, 5) is 19.6. The number of nitrogens with one attached hydrogen (secondary N) is 1. The molecule has 20 heavy (non-hydrogen) atoms. The number of thiophene rings is 1. The predicted octanol–water partition coefficient (Wildman–Crippen LogP) is 1.43. The van der Waals surface area contributed by atoms with Gasteiger partial charge in [0.1, 0.15) is 4.21 Å². The van der Waals surface area contributed by atoms with E-state index in [0.29, 0.717) is 0 Å². The minimum atomic E-state index is -3.68. The molecule has 9 heteroatoms. The topological polar surface area (TPSA) is 98.2 Å². The van der Waals surface area contributed by atoms with Gasteiger partial charge in [-0.1, -0.05) is 0 Å². The van der Waals surface area contributed by atoms with Crippen LogP contribution in [0.5, 0.6) is 0 Å². The molecule has 0 fully saturated rings. The lowest BCUT2D eigenvalue weighted by atomic mass is 10.4. The number of anilines is 1. The van der Waals surface area contributed by atoms with Crippen LogP contribution in [0, 0.1) is 6.92 Å². The summed E-state index contributed by atoms with van der Waals surface area (Å²) < 4.78 is 31.0. The highest BCUT2D eigenvalue weighted by molar-refractivity contribution is 7.94. The molecule has 106 valence electrons. The molecule has 0 bridgehead atoms. The lowest BCUT2D eigenvalue weighted by Crippen LogP contribution is -2.13. The number of hydrogen-bond donors (Lipinski definition) is 1. The van der Waals surface area contributed by atoms with Crippen molar-refractivity contribution in [3.63, 3.8) is 0 Å². The molecule has 0 amide bonds. The smallest absolute Gasteiger partial charge is 0.358 e. The van der Waals surface area contributed by atoms with Crippen molar-refractivity contribution < 1.29 is 17.9 Å². The van der Waals surface area contributed by atoms with Crippen molar-refractivity contribution in [3.8, 4) is 0 Å². The third-order valence-electron chi connectivity index (χ3n) is 2.27. The molecule has 0 saturated carbocycles. The summed E-state index contributed by atoms with van der Waals surface area (Å²) in [6, 6.07) is 3.23. The zero-order valence-electron chi connectivity index (χ0n) is 10.7. The molecule has 2 aromatic rings. The molecule has 0 aliphatic heterocycles. The van der Waals surface area contributed by atoms with Crippen molar-refractivity contribution >= 4 is 33.1 Å². The Hall–Kier alpha value is -2.00. The number of rotatable bonds is 4. The molecule has 2 rings (SSSR count). The molecule has 0 aromatic carbocycles. The van der Waals surface area contributed by atoms with Crippen LogP contribution in [0.15, 0.2) is 28.7 Å². The van der Waals surface area contributed by atoms with Gasteiger partial charge in [-0.15, -0.1) is 11.3 Å². The third kappa shape index (κ3) is 3.11. The number of carbonyl (C=O) groups excluding carboxylic acids is 1. The van der Waals surface area contributed by atoms with E-state index >= 15 is 0 Å². The number of hydrogen-bond acceptors (Lipinski definition) is 7. The fourth-order valence-electron chi connectivity index (χ4n) is 1.34. The fraction of sp³-hybridized carbons (Fsp3) is 0.182. The van der Waals surface area contributed by atoms with Gasteiger partial charge in [0.05, 0.1) is 19.5 Å². The highest BCUT2D eigenvalue weighted by Gasteiger charge is 2.17. The first kappa shape index (κ1) is 14.4. The van der Waals surface area contributed by atoms with E-state index in [9.17, 15) is 13.2 Å². The Bertz CT molecular complexity index is 722. The molecule has 0 aliphatic rings. The van der Waals surface area contributed by atoms with Crippen LogP contribution in [-0.2, 0) is 14.8 Å². The molecule has 0 aliphatic carbocycles. The number of carbonyl (C=O) groups is 1. The molecule has 2 heterocycles. The van der Waals surface area contributed by atoms with Gasteiger partial charge in [-0.3, -0.25) is 4.72 Å². The van der Waals surface area contributed by atoms with Crippen LogP contribution >= 0.6 is 11.3 Å². The summed E-state index contributed by atoms with van der Waals surface area (Å²) in [5.41, 5.74) is 0.00224. The maximum absolute atomic E-state index is 12.0. The van der Waals surface area contributed by atoms with Gasteiger partial charge in [0.15, 0.2) is 11.5 Å². The molecule has 0 unspecified atom stereocenters. The zero-order valence-corrected chi connectivity index (χ0v) is 12.3. The summed E-state index contributed by atoms with van der Waals surface area (Å²) in [5.74, 6) is -0.607. The Morgan fingerprint density at radius 3 is 2.55 bits per heavy atom. The first-order valence-electron chi connectivity index (χ1n) is 5.42. The Morgan fingerprint density at radius 2 is 2.05 bits per heavy atom. The van der Waals surface area contributed by atoms with E-state index in [-0.39, 0.29) is 15.7 Å². The molecular weight excluding hydrogens is 302 g/mol. The summed E-state index contributed by atoms with van der Waals surface area (Å²) in [6.07, 6.45) is 2.30.